The fourth-order valence-electron chi connectivity index (χ4n) is 2.68. The van der Waals surface area contributed by atoms with Crippen molar-refractivity contribution in [3.8, 4) is 12.3 Å². The van der Waals surface area contributed by atoms with E-state index in [9.17, 15) is 0 Å². The Balaban J connectivity index is 2.12. The maximum atomic E-state index is 5.65. The van der Waals surface area contributed by atoms with E-state index >= 15 is 0 Å². The monoisotopic (exact) mass is 242 g/mol. The van der Waals surface area contributed by atoms with Gasteiger partial charge in [-0.1, -0.05) is 43.2 Å². The van der Waals surface area contributed by atoms with E-state index in [1.807, 2.05) is 0 Å². The van der Waals surface area contributed by atoms with E-state index in [0.29, 0.717) is 12.1 Å². The van der Waals surface area contributed by atoms with Crippen molar-refractivity contribution >= 4 is 0 Å². The zero-order valence-corrected chi connectivity index (χ0v) is 11.3. The molecule has 1 aliphatic heterocycles. The zero-order valence-electron chi connectivity index (χ0n) is 11.3. The van der Waals surface area contributed by atoms with Gasteiger partial charge in [0, 0.05) is 25.2 Å². The molecule has 0 radical (unpaired) electrons. The fraction of sp³-hybridized carbons (Fsp3) is 0.500. The molecule has 1 aliphatic rings. The normalized spacial score (nSPS) is 26.5. The number of rotatable bonds is 3. The lowest BCUT2D eigenvalue weighted by atomic mass is 10.00. The molecule has 0 bridgehead atoms. The van der Waals surface area contributed by atoms with Crippen molar-refractivity contribution in [2.24, 2.45) is 0 Å². The minimum atomic E-state index is 0.258. The molecule has 1 heterocycles. The Morgan fingerprint density at radius 3 is 2.78 bits per heavy atom. The first-order valence-corrected chi connectivity index (χ1v) is 6.76. The summed E-state index contributed by atoms with van der Waals surface area (Å²) in [5, 5.41) is 3.61. The number of nitrogens with zero attached hydrogens (tertiary/aromatic N) is 1. The van der Waals surface area contributed by atoms with Gasteiger partial charge in [-0.25, -0.2) is 0 Å². The van der Waals surface area contributed by atoms with Crippen molar-refractivity contribution in [1.82, 2.24) is 10.2 Å². The molecule has 1 aromatic carbocycles. The lowest BCUT2D eigenvalue weighted by molar-refractivity contribution is 0.114. The van der Waals surface area contributed by atoms with Crippen LogP contribution in [0.15, 0.2) is 30.3 Å². The molecule has 1 fully saturated rings. The van der Waals surface area contributed by atoms with E-state index in [4.69, 9.17) is 6.42 Å². The molecule has 1 N–H and O–H groups in total. The quantitative estimate of drug-likeness (QED) is 0.819. The molecule has 3 atom stereocenters. The minimum absolute atomic E-state index is 0.258. The van der Waals surface area contributed by atoms with Crippen molar-refractivity contribution in [3.05, 3.63) is 35.9 Å². The highest BCUT2D eigenvalue weighted by atomic mass is 15.2. The summed E-state index contributed by atoms with van der Waals surface area (Å²) < 4.78 is 0. The van der Waals surface area contributed by atoms with Gasteiger partial charge in [0.25, 0.3) is 0 Å². The average molecular weight is 242 g/mol. The number of piperazine rings is 1. The summed E-state index contributed by atoms with van der Waals surface area (Å²) >= 11 is 0. The summed E-state index contributed by atoms with van der Waals surface area (Å²) in [6.45, 7) is 6.40. The molecule has 1 saturated heterocycles. The second-order valence-corrected chi connectivity index (χ2v) is 5.01. The Labute approximate surface area is 110 Å². The molecule has 0 spiro atoms. The van der Waals surface area contributed by atoms with E-state index in [2.05, 4.69) is 60.3 Å². The first-order chi connectivity index (χ1) is 8.76. The molecule has 0 saturated carbocycles. The van der Waals surface area contributed by atoms with E-state index in [1.54, 1.807) is 0 Å². The Bertz CT molecular complexity index is 407. The van der Waals surface area contributed by atoms with Crippen LogP contribution in [0.3, 0.4) is 0 Å². The highest BCUT2D eigenvalue weighted by molar-refractivity contribution is 5.20. The summed E-state index contributed by atoms with van der Waals surface area (Å²) in [6, 6.07) is 11.8. The predicted octanol–water partition coefficient (Wildman–Crippen LogP) is 2.43. The highest BCUT2D eigenvalue weighted by Gasteiger charge is 2.29. The number of terminal acetylenes is 1. The van der Waals surface area contributed by atoms with Gasteiger partial charge in [-0.05, 0) is 18.9 Å². The highest BCUT2D eigenvalue weighted by Crippen LogP contribution is 2.22. The van der Waals surface area contributed by atoms with Gasteiger partial charge in [0.2, 0.25) is 0 Å². The first kappa shape index (κ1) is 13.1. The molecule has 96 valence electrons. The third kappa shape index (κ3) is 2.75. The number of nitrogens with one attached hydrogen (secondary N) is 1. The molecule has 2 rings (SSSR count). The Morgan fingerprint density at radius 2 is 2.17 bits per heavy atom. The van der Waals surface area contributed by atoms with Crippen molar-refractivity contribution in [2.45, 2.75) is 38.4 Å². The molecule has 0 amide bonds. The maximum absolute atomic E-state index is 5.65. The van der Waals surface area contributed by atoms with Crippen LogP contribution in [-0.4, -0.2) is 30.1 Å². The van der Waals surface area contributed by atoms with Gasteiger partial charge in [0.15, 0.2) is 0 Å². The van der Waals surface area contributed by atoms with E-state index in [1.165, 1.54) is 5.56 Å². The van der Waals surface area contributed by atoms with Crippen LogP contribution in [-0.2, 0) is 0 Å². The maximum Gasteiger partial charge on any atom is 0.0712 e. The molecular formula is C16H22N2. The van der Waals surface area contributed by atoms with Gasteiger partial charge in [-0.15, -0.1) is 6.42 Å². The number of hydrogen-bond donors (Lipinski definition) is 1. The Morgan fingerprint density at radius 1 is 1.44 bits per heavy atom. The second kappa shape index (κ2) is 6.04. The van der Waals surface area contributed by atoms with E-state index < -0.39 is 0 Å². The summed E-state index contributed by atoms with van der Waals surface area (Å²) in [5.74, 6) is 2.92. The van der Waals surface area contributed by atoms with Gasteiger partial charge in [0.1, 0.15) is 0 Å². The lowest BCUT2D eigenvalue weighted by Gasteiger charge is -2.41. The zero-order chi connectivity index (χ0) is 13.0. The van der Waals surface area contributed by atoms with Crippen LogP contribution >= 0.6 is 0 Å². The lowest BCUT2D eigenvalue weighted by Crippen LogP contribution is -2.54. The molecule has 0 aliphatic carbocycles. The topological polar surface area (TPSA) is 15.3 Å². The van der Waals surface area contributed by atoms with Crippen LogP contribution < -0.4 is 5.32 Å². The van der Waals surface area contributed by atoms with Crippen molar-refractivity contribution in [2.75, 3.05) is 13.1 Å². The smallest absolute Gasteiger partial charge is 0.0712 e. The molecule has 2 heteroatoms. The van der Waals surface area contributed by atoms with E-state index in [0.717, 1.165) is 19.5 Å². The molecule has 3 unspecified atom stereocenters. The molecule has 18 heavy (non-hydrogen) atoms. The first-order valence-electron chi connectivity index (χ1n) is 6.76. The predicted molar refractivity (Wildman–Crippen MR) is 76.3 cm³/mol. The summed E-state index contributed by atoms with van der Waals surface area (Å²) in [4.78, 5) is 2.45. The Hall–Kier alpha value is -1.30. The number of benzene rings is 1. The van der Waals surface area contributed by atoms with Crippen LogP contribution in [0.4, 0.5) is 0 Å². The SMILES string of the molecule is C#CC(CC)N1CC(c2ccccc2)NCC1C. The van der Waals surface area contributed by atoms with Gasteiger partial charge >= 0.3 is 0 Å². The Kier molecular flexibility index (Phi) is 4.41. The van der Waals surface area contributed by atoms with E-state index in [-0.39, 0.29) is 6.04 Å². The molecule has 0 aromatic heterocycles. The third-order valence-electron chi connectivity index (χ3n) is 3.80. The van der Waals surface area contributed by atoms with Crippen LogP contribution in [0.2, 0.25) is 0 Å². The van der Waals surface area contributed by atoms with Crippen molar-refractivity contribution in [3.63, 3.8) is 0 Å². The molecular weight excluding hydrogens is 220 g/mol. The van der Waals surface area contributed by atoms with Gasteiger partial charge in [-0.2, -0.15) is 0 Å². The fourth-order valence-corrected chi connectivity index (χ4v) is 2.68. The third-order valence-corrected chi connectivity index (χ3v) is 3.80. The average Bonchev–Trinajstić information content (AvgIpc) is 2.43. The summed E-state index contributed by atoms with van der Waals surface area (Å²) in [5.41, 5.74) is 1.35. The summed E-state index contributed by atoms with van der Waals surface area (Å²) in [6.07, 6.45) is 6.66. The van der Waals surface area contributed by atoms with Crippen molar-refractivity contribution < 1.29 is 0 Å². The van der Waals surface area contributed by atoms with Crippen LogP contribution in [0, 0.1) is 12.3 Å². The van der Waals surface area contributed by atoms with Crippen LogP contribution in [0.5, 0.6) is 0 Å². The van der Waals surface area contributed by atoms with Crippen LogP contribution in [0.25, 0.3) is 0 Å². The summed E-state index contributed by atoms with van der Waals surface area (Å²) in [7, 11) is 0. The minimum Gasteiger partial charge on any atom is -0.307 e. The molecule has 1 aromatic rings. The number of hydrogen-bond acceptors (Lipinski definition) is 2. The van der Waals surface area contributed by atoms with Crippen LogP contribution in [0.1, 0.15) is 31.9 Å². The largest absolute Gasteiger partial charge is 0.307 e. The van der Waals surface area contributed by atoms with Gasteiger partial charge in [-0.3, -0.25) is 4.90 Å². The van der Waals surface area contributed by atoms with Gasteiger partial charge in [0.05, 0.1) is 6.04 Å². The second-order valence-electron chi connectivity index (χ2n) is 5.01. The standard InChI is InChI=1S/C16H22N2/c1-4-15(5-2)18-12-16(17-11-13(18)3)14-9-7-6-8-10-14/h1,6-10,13,15-17H,5,11-12H2,2-3H3. The molecule has 2 nitrogen and oxygen atoms in total. The van der Waals surface area contributed by atoms with Crippen molar-refractivity contribution in [1.29, 1.82) is 0 Å². The van der Waals surface area contributed by atoms with Gasteiger partial charge < -0.3 is 5.32 Å².